The Balaban J connectivity index is 1.49. The van der Waals surface area contributed by atoms with Gasteiger partial charge in [0.2, 0.25) is 0 Å². The van der Waals surface area contributed by atoms with Gasteiger partial charge in [-0.1, -0.05) is 41.4 Å². The molecule has 3 aromatic rings. The summed E-state index contributed by atoms with van der Waals surface area (Å²) in [5.41, 5.74) is 1.52. The molecule has 35 heavy (non-hydrogen) atoms. The van der Waals surface area contributed by atoms with Gasteiger partial charge in [0.1, 0.15) is 23.7 Å². The zero-order valence-electron chi connectivity index (χ0n) is 18.6. The van der Waals surface area contributed by atoms with E-state index in [2.05, 4.69) is 5.32 Å². The molecule has 0 aromatic heterocycles. The Kier molecular flexibility index (Phi) is 7.39. The highest BCUT2D eigenvalue weighted by molar-refractivity contribution is 6.39. The second kappa shape index (κ2) is 10.6. The minimum atomic E-state index is -0.814. The minimum absolute atomic E-state index is 0.167. The molecule has 0 saturated carbocycles. The summed E-state index contributed by atoms with van der Waals surface area (Å²) in [6.45, 7) is 2.59. The fraction of sp³-hybridized carbons (Fsp3) is 0.115. The molecule has 0 atom stereocenters. The highest BCUT2D eigenvalue weighted by Gasteiger charge is 2.36. The summed E-state index contributed by atoms with van der Waals surface area (Å²) in [5.74, 6) is -0.308. The fourth-order valence-corrected chi connectivity index (χ4v) is 3.84. The van der Waals surface area contributed by atoms with Crippen LogP contribution in [0.3, 0.4) is 0 Å². The van der Waals surface area contributed by atoms with Gasteiger partial charge in [0, 0.05) is 15.6 Å². The van der Waals surface area contributed by atoms with E-state index in [0.717, 1.165) is 10.5 Å². The first kappa shape index (κ1) is 24.3. The van der Waals surface area contributed by atoms with Crippen molar-refractivity contribution in [2.45, 2.75) is 13.5 Å². The van der Waals surface area contributed by atoms with Crippen molar-refractivity contribution < 1.29 is 23.9 Å². The Morgan fingerprint density at radius 2 is 1.54 bits per heavy atom. The lowest BCUT2D eigenvalue weighted by molar-refractivity contribution is -0.122. The van der Waals surface area contributed by atoms with Crippen molar-refractivity contribution in [3.05, 3.63) is 93.5 Å². The lowest BCUT2D eigenvalue weighted by Gasteiger charge is -2.26. The van der Waals surface area contributed by atoms with E-state index < -0.39 is 17.8 Å². The third-order valence-electron chi connectivity index (χ3n) is 5.11. The zero-order chi connectivity index (χ0) is 24.9. The molecule has 0 bridgehead atoms. The number of nitrogens with one attached hydrogen (secondary N) is 1. The van der Waals surface area contributed by atoms with Gasteiger partial charge in [0.05, 0.1) is 12.3 Å². The molecule has 178 valence electrons. The average molecular weight is 511 g/mol. The maximum Gasteiger partial charge on any atom is 0.335 e. The third-order valence-corrected chi connectivity index (χ3v) is 5.70. The molecule has 9 heteroatoms. The second-order valence-corrected chi connectivity index (χ2v) is 8.32. The molecule has 4 rings (SSSR count). The minimum Gasteiger partial charge on any atom is -0.494 e. The Bertz CT molecular complexity index is 1300. The van der Waals surface area contributed by atoms with Gasteiger partial charge in [-0.05, 0) is 67.1 Å². The quantitative estimate of drug-likeness (QED) is 0.328. The Morgan fingerprint density at radius 3 is 2.20 bits per heavy atom. The van der Waals surface area contributed by atoms with E-state index in [9.17, 15) is 14.4 Å². The number of nitrogens with zero attached hydrogens (tertiary/aromatic N) is 1. The van der Waals surface area contributed by atoms with Crippen LogP contribution in [0.25, 0.3) is 6.08 Å². The van der Waals surface area contributed by atoms with Gasteiger partial charge in [0.25, 0.3) is 11.8 Å². The second-order valence-electron chi connectivity index (χ2n) is 7.48. The van der Waals surface area contributed by atoms with E-state index in [1.807, 2.05) is 6.92 Å². The number of rotatable bonds is 7. The normalized spacial score (nSPS) is 14.8. The van der Waals surface area contributed by atoms with Gasteiger partial charge >= 0.3 is 6.03 Å². The van der Waals surface area contributed by atoms with E-state index in [-0.39, 0.29) is 12.2 Å². The van der Waals surface area contributed by atoms with Crippen LogP contribution in [0, 0.1) is 0 Å². The molecule has 0 radical (unpaired) electrons. The molecule has 1 fully saturated rings. The predicted molar refractivity (Wildman–Crippen MR) is 134 cm³/mol. The van der Waals surface area contributed by atoms with Crippen LogP contribution in [0.4, 0.5) is 10.5 Å². The first-order valence-electron chi connectivity index (χ1n) is 10.7. The van der Waals surface area contributed by atoms with Crippen molar-refractivity contribution in [2.24, 2.45) is 0 Å². The number of amides is 4. The number of ether oxygens (including phenoxy) is 2. The summed E-state index contributed by atoms with van der Waals surface area (Å²) in [5, 5.41) is 3.26. The molecular formula is C26H20Cl2N2O5. The summed E-state index contributed by atoms with van der Waals surface area (Å²) in [6.07, 6.45) is 1.42. The van der Waals surface area contributed by atoms with Crippen molar-refractivity contribution >= 4 is 52.8 Å². The molecule has 1 heterocycles. The number of hydrogen-bond acceptors (Lipinski definition) is 5. The van der Waals surface area contributed by atoms with Crippen LogP contribution >= 0.6 is 23.2 Å². The molecule has 3 aromatic carbocycles. The van der Waals surface area contributed by atoms with Crippen LogP contribution < -0.4 is 19.7 Å². The Morgan fingerprint density at radius 1 is 0.886 bits per heavy atom. The van der Waals surface area contributed by atoms with Crippen molar-refractivity contribution in [3.8, 4) is 11.5 Å². The molecule has 0 unspecified atom stereocenters. The number of imide groups is 2. The lowest BCUT2D eigenvalue weighted by atomic mass is 10.1. The van der Waals surface area contributed by atoms with Crippen molar-refractivity contribution in [1.29, 1.82) is 0 Å². The molecule has 1 N–H and O–H groups in total. The largest absolute Gasteiger partial charge is 0.494 e. The van der Waals surface area contributed by atoms with Gasteiger partial charge in [-0.2, -0.15) is 0 Å². The highest BCUT2D eigenvalue weighted by atomic mass is 35.5. The Hall–Kier alpha value is -3.81. The summed E-state index contributed by atoms with van der Waals surface area (Å²) in [4.78, 5) is 38.7. The maximum atomic E-state index is 13.0. The average Bonchev–Trinajstić information content (AvgIpc) is 2.83. The van der Waals surface area contributed by atoms with Crippen LogP contribution in [0.2, 0.25) is 10.0 Å². The van der Waals surface area contributed by atoms with Crippen molar-refractivity contribution in [2.75, 3.05) is 11.5 Å². The van der Waals surface area contributed by atoms with Crippen molar-refractivity contribution in [1.82, 2.24) is 5.32 Å². The first-order valence-corrected chi connectivity index (χ1v) is 11.4. The molecule has 0 aliphatic carbocycles. The number of barbiturate groups is 1. The van der Waals surface area contributed by atoms with E-state index in [1.165, 1.54) is 6.08 Å². The van der Waals surface area contributed by atoms with Crippen LogP contribution in [-0.4, -0.2) is 24.5 Å². The summed E-state index contributed by atoms with van der Waals surface area (Å²) in [6, 6.07) is 17.6. The van der Waals surface area contributed by atoms with E-state index in [4.69, 9.17) is 32.7 Å². The van der Waals surface area contributed by atoms with Crippen LogP contribution in [-0.2, 0) is 16.2 Å². The standard InChI is InChI=1S/C26H20Cl2N2O5/c1-2-34-20-11-7-19(8-12-20)30-25(32)22(24(31)29-26(30)33)13-16-3-9-21(10-4-16)35-15-17-5-6-18(27)14-23(17)28/h3-14H,2,15H2,1H3,(H,29,31,33). The third kappa shape index (κ3) is 5.65. The summed E-state index contributed by atoms with van der Waals surface area (Å²) >= 11 is 12.1. The zero-order valence-corrected chi connectivity index (χ0v) is 20.1. The van der Waals surface area contributed by atoms with Crippen molar-refractivity contribution in [3.63, 3.8) is 0 Å². The molecule has 1 aliphatic rings. The summed E-state index contributed by atoms with van der Waals surface area (Å²) < 4.78 is 11.1. The van der Waals surface area contributed by atoms with Crippen LogP contribution in [0.5, 0.6) is 11.5 Å². The van der Waals surface area contributed by atoms with Crippen LogP contribution in [0.1, 0.15) is 18.1 Å². The predicted octanol–water partition coefficient (Wildman–Crippen LogP) is 5.64. The topological polar surface area (TPSA) is 84.9 Å². The summed E-state index contributed by atoms with van der Waals surface area (Å²) in [7, 11) is 0. The monoisotopic (exact) mass is 510 g/mol. The number of carbonyl (C=O) groups is 3. The number of hydrogen-bond donors (Lipinski definition) is 1. The highest BCUT2D eigenvalue weighted by Crippen LogP contribution is 2.26. The van der Waals surface area contributed by atoms with E-state index in [1.54, 1.807) is 66.7 Å². The van der Waals surface area contributed by atoms with Gasteiger partial charge in [0.15, 0.2) is 0 Å². The van der Waals surface area contributed by atoms with Gasteiger partial charge < -0.3 is 9.47 Å². The number of urea groups is 1. The number of halogens is 2. The molecule has 0 spiro atoms. The van der Waals surface area contributed by atoms with Crippen LogP contribution in [0.15, 0.2) is 72.3 Å². The molecule has 1 saturated heterocycles. The fourth-order valence-electron chi connectivity index (χ4n) is 3.38. The Labute approximate surface area is 211 Å². The number of benzene rings is 3. The van der Waals surface area contributed by atoms with Gasteiger partial charge in [-0.25, -0.2) is 9.69 Å². The number of carbonyl (C=O) groups excluding carboxylic acids is 3. The van der Waals surface area contributed by atoms with Gasteiger partial charge in [-0.15, -0.1) is 0 Å². The SMILES string of the molecule is CCOc1ccc(N2C(=O)NC(=O)C(=Cc3ccc(OCc4ccc(Cl)cc4Cl)cc3)C2=O)cc1. The molecular weight excluding hydrogens is 491 g/mol. The lowest BCUT2D eigenvalue weighted by Crippen LogP contribution is -2.54. The van der Waals surface area contributed by atoms with E-state index in [0.29, 0.717) is 39.4 Å². The first-order chi connectivity index (χ1) is 16.9. The molecule has 4 amide bonds. The molecule has 7 nitrogen and oxygen atoms in total. The van der Waals surface area contributed by atoms with E-state index >= 15 is 0 Å². The molecule has 1 aliphatic heterocycles. The van der Waals surface area contributed by atoms with Gasteiger partial charge in [-0.3, -0.25) is 14.9 Å². The smallest absolute Gasteiger partial charge is 0.335 e. The maximum absolute atomic E-state index is 13.0. The number of anilines is 1.